The van der Waals surface area contributed by atoms with E-state index in [4.69, 9.17) is 4.74 Å². The van der Waals surface area contributed by atoms with E-state index in [0.717, 1.165) is 50.5 Å². The van der Waals surface area contributed by atoms with Gasteiger partial charge in [0.2, 0.25) is 5.91 Å². The summed E-state index contributed by atoms with van der Waals surface area (Å²) in [7, 11) is 0. The molecule has 27 heavy (non-hydrogen) atoms. The summed E-state index contributed by atoms with van der Waals surface area (Å²) in [4.78, 5) is 27.8. The van der Waals surface area contributed by atoms with Crippen LogP contribution in [0.3, 0.4) is 0 Å². The summed E-state index contributed by atoms with van der Waals surface area (Å²) in [6.07, 6.45) is 3.54. The third kappa shape index (κ3) is 4.03. The monoisotopic (exact) mass is 373 g/mol. The number of aromatic nitrogens is 4. The van der Waals surface area contributed by atoms with Gasteiger partial charge >= 0.3 is 0 Å². The Balaban J connectivity index is 1.39. The minimum absolute atomic E-state index is 0.208. The molecule has 9 nitrogen and oxygen atoms in total. The van der Waals surface area contributed by atoms with Gasteiger partial charge in [-0.05, 0) is 6.42 Å². The molecule has 0 aliphatic carbocycles. The van der Waals surface area contributed by atoms with Crippen molar-refractivity contribution >= 4 is 17.5 Å². The predicted molar refractivity (Wildman–Crippen MR) is 101 cm³/mol. The molecule has 0 saturated carbocycles. The average molecular weight is 373 g/mol. The van der Waals surface area contributed by atoms with Crippen LogP contribution in [-0.4, -0.2) is 94.3 Å². The van der Waals surface area contributed by atoms with Crippen LogP contribution in [0.25, 0.3) is 5.78 Å². The number of piperazine rings is 1. The van der Waals surface area contributed by atoms with Crippen molar-refractivity contribution in [3.63, 3.8) is 0 Å². The SMILES string of the molecule is CCCc1cc(N2CCN(CC(=O)N3CCOCC3)CC2)n2ncnc2n1. The highest BCUT2D eigenvalue weighted by molar-refractivity contribution is 5.78. The molecule has 0 unspecified atom stereocenters. The maximum absolute atomic E-state index is 12.5. The number of amides is 1. The summed E-state index contributed by atoms with van der Waals surface area (Å²) >= 11 is 0. The first-order valence-corrected chi connectivity index (χ1v) is 9.77. The summed E-state index contributed by atoms with van der Waals surface area (Å²) in [5.41, 5.74) is 1.05. The zero-order valence-corrected chi connectivity index (χ0v) is 15.9. The van der Waals surface area contributed by atoms with E-state index < -0.39 is 0 Å². The zero-order chi connectivity index (χ0) is 18.6. The number of anilines is 1. The molecule has 2 aromatic heterocycles. The molecule has 2 aliphatic rings. The maximum Gasteiger partial charge on any atom is 0.254 e. The minimum atomic E-state index is 0.208. The molecule has 2 aromatic rings. The van der Waals surface area contributed by atoms with Gasteiger partial charge in [0.1, 0.15) is 12.1 Å². The molecule has 0 N–H and O–H groups in total. The van der Waals surface area contributed by atoms with Crippen LogP contribution < -0.4 is 4.90 Å². The van der Waals surface area contributed by atoms with E-state index in [1.807, 2.05) is 9.42 Å². The molecular formula is C18H27N7O2. The van der Waals surface area contributed by atoms with E-state index in [-0.39, 0.29) is 5.91 Å². The predicted octanol–water partition coefficient (Wildman–Crippen LogP) is 0.0576. The van der Waals surface area contributed by atoms with Crippen LogP contribution in [0, 0.1) is 0 Å². The summed E-state index contributed by atoms with van der Waals surface area (Å²) in [6, 6.07) is 2.12. The van der Waals surface area contributed by atoms with E-state index in [1.165, 1.54) is 0 Å². The van der Waals surface area contributed by atoms with Gasteiger partial charge in [-0.2, -0.15) is 14.6 Å². The van der Waals surface area contributed by atoms with Gasteiger partial charge in [-0.25, -0.2) is 4.98 Å². The van der Waals surface area contributed by atoms with Crippen molar-refractivity contribution in [2.24, 2.45) is 0 Å². The number of rotatable bonds is 5. The first-order valence-electron chi connectivity index (χ1n) is 9.77. The first-order chi connectivity index (χ1) is 13.2. The van der Waals surface area contributed by atoms with Crippen molar-refractivity contribution in [1.82, 2.24) is 29.4 Å². The van der Waals surface area contributed by atoms with E-state index in [1.54, 1.807) is 6.33 Å². The molecule has 0 atom stereocenters. The lowest BCUT2D eigenvalue weighted by Crippen LogP contribution is -2.52. The Morgan fingerprint density at radius 3 is 2.67 bits per heavy atom. The third-order valence-corrected chi connectivity index (χ3v) is 5.21. The second-order valence-corrected chi connectivity index (χ2v) is 7.08. The highest BCUT2D eigenvalue weighted by atomic mass is 16.5. The molecule has 0 spiro atoms. The number of carbonyl (C=O) groups excluding carboxylic acids is 1. The van der Waals surface area contributed by atoms with Gasteiger partial charge in [0.05, 0.1) is 19.8 Å². The summed E-state index contributed by atoms with van der Waals surface area (Å²) in [6.45, 7) is 8.80. The van der Waals surface area contributed by atoms with Crippen LogP contribution in [-0.2, 0) is 16.0 Å². The molecule has 4 rings (SSSR count). The number of aryl methyl sites for hydroxylation is 1. The number of hydrogen-bond donors (Lipinski definition) is 0. The molecule has 0 radical (unpaired) electrons. The van der Waals surface area contributed by atoms with Crippen molar-refractivity contribution in [3.8, 4) is 0 Å². The molecule has 2 aliphatic heterocycles. The van der Waals surface area contributed by atoms with Crippen molar-refractivity contribution in [1.29, 1.82) is 0 Å². The van der Waals surface area contributed by atoms with E-state index in [2.05, 4.69) is 37.9 Å². The number of morpholine rings is 1. The van der Waals surface area contributed by atoms with E-state index in [0.29, 0.717) is 38.6 Å². The number of fused-ring (bicyclic) bond motifs is 1. The van der Waals surface area contributed by atoms with Gasteiger partial charge in [-0.15, -0.1) is 0 Å². The van der Waals surface area contributed by atoms with Crippen LogP contribution in [0.4, 0.5) is 5.82 Å². The Bertz CT molecular complexity index is 779. The lowest BCUT2D eigenvalue weighted by molar-refractivity contribution is -0.136. The van der Waals surface area contributed by atoms with Crippen LogP contribution in [0.5, 0.6) is 0 Å². The summed E-state index contributed by atoms with van der Waals surface area (Å²) in [5, 5.41) is 4.34. The topological polar surface area (TPSA) is 79.1 Å². The lowest BCUT2D eigenvalue weighted by Gasteiger charge is -2.37. The Morgan fingerprint density at radius 2 is 1.93 bits per heavy atom. The van der Waals surface area contributed by atoms with E-state index in [9.17, 15) is 4.79 Å². The number of nitrogens with zero attached hydrogens (tertiary/aromatic N) is 7. The van der Waals surface area contributed by atoms with Gasteiger partial charge in [-0.3, -0.25) is 9.69 Å². The molecule has 0 aromatic carbocycles. The number of hydrogen-bond acceptors (Lipinski definition) is 7. The Morgan fingerprint density at radius 1 is 1.15 bits per heavy atom. The van der Waals surface area contributed by atoms with Gasteiger partial charge in [0, 0.05) is 51.0 Å². The zero-order valence-electron chi connectivity index (χ0n) is 15.9. The van der Waals surface area contributed by atoms with Crippen molar-refractivity contribution in [2.75, 3.05) is 63.9 Å². The van der Waals surface area contributed by atoms with Gasteiger partial charge in [0.25, 0.3) is 5.78 Å². The molecule has 1 amide bonds. The normalized spacial score (nSPS) is 19.0. The first kappa shape index (κ1) is 18.1. The van der Waals surface area contributed by atoms with Gasteiger partial charge < -0.3 is 14.5 Å². The van der Waals surface area contributed by atoms with Gasteiger partial charge in [-0.1, -0.05) is 13.3 Å². The second-order valence-electron chi connectivity index (χ2n) is 7.08. The Hall–Kier alpha value is -2.26. The highest BCUT2D eigenvalue weighted by Gasteiger charge is 2.24. The van der Waals surface area contributed by atoms with Crippen molar-refractivity contribution in [2.45, 2.75) is 19.8 Å². The molecule has 0 bridgehead atoms. The van der Waals surface area contributed by atoms with Crippen molar-refractivity contribution < 1.29 is 9.53 Å². The fraction of sp³-hybridized carbons (Fsp3) is 0.667. The largest absolute Gasteiger partial charge is 0.378 e. The van der Waals surface area contributed by atoms with Crippen molar-refractivity contribution in [3.05, 3.63) is 18.1 Å². The Kier molecular flexibility index (Phi) is 5.49. The molecule has 4 heterocycles. The van der Waals surface area contributed by atoms with Gasteiger partial charge in [0.15, 0.2) is 0 Å². The van der Waals surface area contributed by atoms with Crippen LogP contribution >= 0.6 is 0 Å². The van der Waals surface area contributed by atoms with Crippen LogP contribution in [0.15, 0.2) is 12.4 Å². The average Bonchev–Trinajstić information content (AvgIpc) is 3.17. The van der Waals surface area contributed by atoms with E-state index >= 15 is 0 Å². The minimum Gasteiger partial charge on any atom is -0.378 e. The molecular weight excluding hydrogens is 346 g/mol. The molecule has 146 valence electrons. The highest BCUT2D eigenvalue weighted by Crippen LogP contribution is 2.19. The Labute approximate surface area is 158 Å². The lowest BCUT2D eigenvalue weighted by atomic mass is 10.2. The number of carbonyl (C=O) groups is 1. The standard InChI is InChI=1S/C18H27N7O2/c1-2-3-15-12-16(25-18(21-15)19-14-20-25)23-6-4-22(5-7-23)13-17(26)24-8-10-27-11-9-24/h12,14H,2-11,13H2,1H3. The third-order valence-electron chi connectivity index (χ3n) is 5.21. The maximum atomic E-state index is 12.5. The fourth-order valence-corrected chi connectivity index (χ4v) is 3.69. The van der Waals surface area contributed by atoms with Crippen LogP contribution in [0.2, 0.25) is 0 Å². The number of ether oxygens (including phenoxy) is 1. The molecule has 2 saturated heterocycles. The summed E-state index contributed by atoms with van der Waals surface area (Å²) < 4.78 is 7.14. The quantitative estimate of drug-likeness (QED) is 0.733. The fourth-order valence-electron chi connectivity index (χ4n) is 3.69. The molecule has 2 fully saturated rings. The second kappa shape index (κ2) is 8.18. The van der Waals surface area contributed by atoms with Crippen LogP contribution in [0.1, 0.15) is 19.0 Å². The molecule has 9 heteroatoms. The summed E-state index contributed by atoms with van der Waals surface area (Å²) in [5.74, 6) is 1.90. The smallest absolute Gasteiger partial charge is 0.254 e.